The lowest BCUT2D eigenvalue weighted by Gasteiger charge is -2.08. The van der Waals surface area contributed by atoms with Crippen molar-refractivity contribution >= 4 is 29.4 Å². The van der Waals surface area contributed by atoms with Crippen molar-refractivity contribution in [3.63, 3.8) is 0 Å². The van der Waals surface area contributed by atoms with Crippen molar-refractivity contribution in [1.29, 1.82) is 0 Å². The number of imide groups is 1. The number of thioether (sulfide) groups is 1. The average Bonchev–Trinajstić information content (AvgIpc) is 3.14. The molecule has 25 heavy (non-hydrogen) atoms. The van der Waals surface area contributed by atoms with Gasteiger partial charge in [0.05, 0.1) is 5.75 Å². The lowest BCUT2D eigenvalue weighted by Crippen LogP contribution is -2.35. The zero-order chi connectivity index (χ0) is 17.2. The molecule has 2 N–H and O–H groups in total. The molecular formula is C16H16N4O4S. The Morgan fingerprint density at radius 2 is 2.12 bits per heavy atom. The minimum absolute atomic E-state index is 0.123. The fourth-order valence-corrected chi connectivity index (χ4v) is 3.30. The molecule has 130 valence electrons. The maximum absolute atomic E-state index is 11.9. The Hall–Kier alpha value is -2.68. The van der Waals surface area contributed by atoms with E-state index in [4.69, 9.17) is 9.47 Å². The number of aromatic nitrogens is 2. The Balaban J connectivity index is 1.27. The molecule has 1 aromatic carbocycles. The number of benzene rings is 1. The first-order chi connectivity index (χ1) is 12.2. The quantitative estimate of drug-likeness (QED) is 0.795. The van der Waals surface area contributed by atoms with Crippen LogP contribution < -0.4 is 20.1 Å². The SMILES string of the molecule is O=C(CSc1nccn1C1CC1)NC(=O)Nc1ccc2c(c1)OCO2. The third-order valence-corrected chi connectivity index (χ3v) is 4.77. The lowest BCUT2D eigenvalue weighted by atomic mass is 10.3. The van der Waals surface area contributed by atoms with Gasteiger partial charge in [-0.25, -0.2) is 9.78 Å². The number of nitrogens with zero attached hydrogens (tertiary/aromatic N) is 2. The van der Waals surface area contributed by atoms with E-state index in [-0.39, 0.29) is 18.5 Å². The summed E-state index contributed by atoms with van der Waals surface area (Å²) in [5.41, 5.74) is 0.520. The van der Waals surface area contributed by atoms with Gasteiger partial charge in [0.15, 0.2) is 16.7 Å². The van der Waals surface area contributed by atoms with E-state index in [2.05, 4.69) is 20.2 Å². The number of carbonyl (C=O) groups is 2. The van der Waals surface area contributed by atoms with Crippen LogP contribution in [-0.2, 0) is 4.79 Å². The van der Waals surface area contributed by atoms with Crippen molar-refractivity contribution in [1.82, 2.24) is 14.9 Å². The van der Waals surface area contributed by atoms with Crippen LogP contribution in [0.5, 0.6) is 11.5 Å². The van der Waals surface area contributed by atoms with Crippen LogP contribution in [0.15, 0.2) is 35.7 Å². The van der Waals surface area contributed by atoms with Crippen LogP contribution in [0.2, 0.25) is 0 Å². The highest BCUT2D eigenvalue weighted by Gasteiger charge is 2.25. The molecule has 1 saturated carbocycles. The molecule has 1 aromatic heterocycles. The Labute approximate surface area is 147 Å². The summed E-state index contributed by atoms with van der Waals surface area (Å²) in [6.45, 7) is 0.164. The van der Waals surface area contributed by atoms with E-state index in [9.17, 15) is 9.59 Å². The lowest BCUT2D eigenvalue weighted by molar-refractivity contribution is -0.117. The Kier molecular flexibility index (Phi) is 4.22. The van der Waals surface area contributed by atoms with Crippen LogP contribution in [0.1, 0.15) is 18.9 Å². The maximum Gasteiger partial charge on any atom is 0.325 e. The first-order valence-electron chi connectivity index (χ1n) is 7.85. The summed E-state index contributed by atoms with van der Waals surface area (Å²) in [7, 11) is 0. The van der Waals surface area contributed by atoms with Crippen molar-refractivity contribution in [3.8, 4) is 11.5 Å². The van der Waals surface area contributed by atoms with Crippen LogP contribution in [0, 0.1) is 0 Å². The molecule has 8 nitrogen and oxygen atoms in total. The smallest absolute Gasteiger partial charge is 0.325 e. The molecule has 0 radical (unpaired) electrons. The molecule has 0 atom stereocenters. The third kappa shape index (κ3) is 3.71. The Morgan fingerprint density at radius 3 is 2.96 bits per heavy atom. The standard InChI is InChI=1S/C16H16N4O4S/c21-14(8-25-16-17-5-6-20(16)11-2-3-11)19-15(22)18-10-1-4-12-13(7-10)24-9-23-12/h1,4-7,11H,2-3,8-9H2,(H2,18,19,21,22). The van der Waals surface area contributed by atoms with Crippen LogP contribution in [0.4, 0.5) is 10.5 Å². The first-order valence-corrected chi connectivity index (χ1v) is 8.84. The molecule has 1 aliphatic heterocycles. The van der Waals surface area contributed by atoms with Crippen LogP contribution in [-0.4, -0.2) is 34.0 Å². The topological polar surface area (TPSA) is 94.5 Å². The molecule has 3 amide bonds. The number of anilines is 1. The molecule has 0 spiro atoms. The van der Waals surface area contributed by atoms with E-state index in [0.717, 1.165) is 18.0 Å². The fraction of sp³-hybridized carbons (Fsp3) is 0.312. The van der Waals surface area contributed by atoms with Gasteiger partial charge in [0, 0.05) is 30.2 Å². The van der Waals surface area contributed by atoms with Gasteiger partial charge in [-0.15, -0.1) is 0 Å². The molecule has 2 heterocycles. The van der Waals surface area contributed by atoms with Crippen LogP contribution in [0.3, 0.4) is 0 Å². The van der Waals surface area contributed by atoms with E-state index in [1.165, 1.54) is 11.8 Å². The predicted molar refractivity (Wildman–Crippen MR) is 90.9 cm³/mol. The second-order valence-corrected chi connectivity index (χ2v) is 6.65. The molecule has 0 bridgehead atoms. The summed E-state index contributed by atoms with van der Waals surface area (Å²) in [5, 5.41) is 5.70. The zero-order valence-electron chi connectivity index (χ0n) is 13.2. The highest BCUT2D eigenvalue weighted by molar-refractivity contribution is 7.99. The number of urea groups is 1. The van der Waals surface area contributed by atoms with Crippen molar-refractivity contribution in [3.05, 3.63) is 30.6 Å². The number of imidazole rings is 1. The molecule has 9 heteroatoms. The summed E-state index contributed by atoms with van der Waals surface area (Å²) in [6.07, 6.45) is 5.94. The number of hydrogen-bond acceptors (Lipinski definition) is 6. The Morgan fingerprint density at radius 1 is 1.28 bits per heavy atom. The fourth-order valence-electron chi connectivity index (χ4n) is 2.47. The van der Waals surface area contributed by atoms with Crippen molar-refractivity contribution in [2.45, 2.75) is 24.0 Å². The largest absolute Gasteiger partial charge is 0.454 e. The van der Waals surface area contributed by atoms with E-state index in [1.54, 1.807) is 24.4 Å². The van der Waals surface area contributed by atoms with E-state index < -0.39 is 6.03 Å². The van der Waals surface area contributed by atoms with E-state index in [0.29, 0.717) is 23.2 Å². The van der Waals surface area contributed by atoms with Gasteiger partial charge in [-0.05, 0) is 25.0 Å². The van der Waals surface area contributed by atoms with Crippen molar-refractivity contribution < 1.29 is 19.1 Å². The molecule has 4 rings (SSSR count). The third-order valence-electron chi connectivity index (χ3n) is 3.79. The van der Waals surface area contributed by atoms with Gasteiger partial charge in [0.1, 0.15) is 0 Å². The number of carbonyl (C=O) groups excluding carboxylic acids is 2. The number of nitrogens with one attached hydrogen (secondary N) is 2. The van der Waals surface area contributed by atoms with Gasteiger partial charge in [0.25, 0.3) is 0 Å². The second kappa shape index (κ2) is 6.67. The van der Waals surface area contributed by atoms with Crippen molar-refractivity contribution in [2.75, 3.05) is 17.9 Å². The minimum atomic E-state index is -0.588. The molecule has 1 fully saturated rings. The zero-order valence-corrected chi connectivity index (χ0v) is 14.0. The first kappa shape index (κ1) is 15.8. The molecule has 2 aromatic rings. The number of ether oxygens (including phenoxy) is 2. The second-order valence-electron chi connectivity index (χ2n) is 5.71. The maximum atomic E-state index is 11.9. The molecule has 2 aliphatic rings. The minimum Gasteiger partial charge on any atom is -0.454 e. The van der Waals surface area contributed by atoms with E-state index >= 15 is 0 Å². The average molecular weight is 360 g/mol. The highest BCUT2D eigenvalue weighted by Crippen LogP contribution is 2.37. The van der Waals surface area contributed by atoms with Crippen molar-refractivity contribution in [2.24, 2.45) is 0 Å². The predicted octanol–water partition coefficient (Wildman–Crippen LogP) is 2.39. The number of amides is 3. The van der Waals surface area contributed by atoms with Gasteiger partial charge in [-0.2, -0.15) is 0 Å². The molecular weight excluding hydrogens is 344 g/mol. The van der Waals surface area contributed by atoms with Gasteiger partial charge < -0.3 is 19.4 Å². The van der Waals surface area contributed by atoms with Gasteiger partial charge in [0.2, 0.25) is 12.7 Å². The normalized spacial score (nSPS) is 15.0. The summed E-state index contributed by atoms with van der Waals surface area (Å²) >= 11 is 1.32. The summed E-state index contributed by atoms with van der Waals surface area (Å²) in [6, 6.07) is 4.94. The van der Waals surface area contributed by atoms with Gasteiger partial charge in [-0.1, -0.05) is 11.8 Å². The summed E-state index contributed by atoms with van der Waals surface area (Å²) in [4.78, 5) is 28.1. The molecule has 0 unspecified atom stereocenters. The van der Waals surface area contributed by atoms with E-state index in [1.807, 2.05) is 6.20 Å². The highest BCUT2D eigenvalue weighted by atomic mass is 32.2. The monoisotopic (exact) mass is 360 g/mol. The van der Waals surface area contributed by atoms with Crippen LogP contribution in [0.25, 0.3) is 0 Å². The van der Waals surface area contributed by atoms with Gasteiger partial charge >= 0.3 is 6.03 Å². The Bertz CT molecular complexity index is 818. The summed E-state index contributed by atoms with van der Waals surface area (Å²) < 4.78 is 12.5. The summed E-state index contributed by atoms with van der Waals surface area (Å²) in [5.74, 6) is 0.933. The molecule has 0 saturated heterocycles. The number of hydrogen-bond donors (Lipinski definition) is 2. The number of rotatable bonds is 5. The number of fused-ring (bicyclic) bond motifs is 1. The van der Waals surface area contributed by atoms with Gasteiger partial charge in [-0.3, -0.25) is 10.1 Å². The van der Waals surface area contributed by atoms with Crippen LogP contribution >= 0.6 is 11.8 Å². The molecule has 1 aliphatic carbocycles.